The van der Waals surface area contributed by atoms with Crippen LogP contribution in [0, 0.1) is 5.82 Å². The molecule has 30 heavy (non-hydrogen) atoms. The van der Waals surface area contributed by atoms with Gasteiger partial charge in [-0.3, -0.25) is 9.48 Å². The Balaban J connectivity index is 1.92. The van der Waals surface area contributed by atoms with Crippen LogP contribution in [0.4, 0.5) is 23.2 Å². The van der Waals surface area contributed by atoms with Gasteiger partial charge < -0.3 is 15.8 Å². The largest absolute Gasteiger partial charge is 0.492 e. The van der Waals surface area contributed by atoms with Gasteiger partial charge >= 0.3 is 6.18 Å². The quantitative estimate of drug-likeness (QED) is 0.592. The normalized spacial score (nSPS) is 11.4. The van der Waals surface area contributed by atoms with E-state index in [-0.39, 0.29) is 12.2 Å². The lowest BCUT2D eigenvalue weighted by molar-refractivity contribution is -0.140. The van der Waals surface area contributed by atoms with Crippen LogP contribution in [0.5, 0.6) is 5.75 Å². The highest BCUT2D eigenvalue weighted by Crippen LogP contribution is 2.34. The molecule has 0 fully saturated rings. The van der Waals surface area contributed by atoms with E-state index < -0.39 is 23.5 Å². The minimum atomic E-state index is -4.91. The molecule has 1 heterocycles. The molecule has 3 aromatic rings. The zero-order chi connectivity index (χ0) is 21.9. The molecule has 0 aliphatic heterocycles. The van der Waals surface area contributed by atoms with Gasteiger partial charge in [-0.15, -0.1) is 0 Å². The second-order valence-electron chi connectivity index (χ2n) is 6.33. The number of benzene rings is 2. The van der Waals surface area contributed by atoms with Crippen LogP contribution in [0.3, 0.4) is 0 Å². The third-order valence-corrected chi connectivity index (χ3v) is 4.24. The van der Waals surface area contributed by atoms with E-state index in [1.165, 1.54) is 6.07 Å². The molecule has 0 spiro atoms. The maximum atomic E-state index is 13.5. The van der Waals surface area contributed by atoms with Gasteiger partial charge in [0.05, 0.1) is 11.3 Å². The molecule has 1 amide bonds. The molecular weight excluding hydrogens is 404 g/mol. The summed E-state index contributed by atoms with van der Waals surface area (Å²) < 4.78 is 59.4. The molecule has 2 aromatic carbocycles. The number of nitrogens with zero attached hydrogens (tertiary/aromatic N) is 2. The molecule has 0 atom stereocenters. The Bertz CT molecular complexity index is 1060. The van der Waals surface area contributed by atoms with Crippen LogP contribution in [0.1, 0.15) is 15.9 Å². The van der Waals surface area contributed by atoms with Gasteiger partial charge in [0.15, 0.2) is 0 Å². The molecule has 0 bridgehead atoms. The smallest absolute Gasteiger partial charge is 0.419 e. The molecule has 3 N–H and O–H groups in total. The standard InChI is InChI=1S/C20H18F4N4O2/c1-28-17(6-8-26-28)14-11-13(3-5-18(14)30-9-7-25)27-19(29)12-2-4-16(21)15(10-12)20(22,23)24/h2-6,8,10-11H,7,9,25H2,1H3,(H,27,29). The van der Waals surface area contributed by atoms with E-state index in [1.54, 1.807) is 36.1 Å². The number of carbonyl (C=O) groups excluding carboxylic acids is 1. The number of aryl methyl sites for hydroxylation is 1. The van der Waals surface area contributed by atoms with E-state index in [2.05, 4.69) is 10.4 Å². The number of hydrogen-bond acceptors (Lipinski definition) is 4. The third kappa shape index (κ3) is 4.60. The summed E-state index contributed by atoms with van der Waals surface area (Å²) in [7, 11) is 1.73. The Hall–Kier alpha value is -3.40. The highest BCUT2D eigenvalue weighted by atomic mass is 19.4. The van der Waals surface area contributed by atoms with E-state index in [1.807, 2.05) is 0 Å². The van der Waals surface area contributed by atoms with Crippen molar-refractivity contribution in [3.63, 3.8) is 0 Å². The Morgan fingerprint density at radius 3 is 2.60 bits per heavy atom. The average Bonchev–Trinajstić information content (AvgIpc) is 3.12. The third-order valence-electron chi connectivity index (χ3n) is 4.24. The second kappa shape index (κ2) is 8.54. The number of carbonyl (C=O) groups is 1. The summed E-state index contributed by atoms with van der Waals surface area (Å²) in [5.74, 6) is -1.76. The molecule has 0 aliphatic rings. The predicted molar refractivity (Wildman–Crippen MR) is 103 cm³/mol. The van der Waals surface area contributed by atoms with Crippen molar-refractivity contribution in [3.8, 4) is 17.0 Å². The van der Waals surface area contributed by atoms with Gasteiger partial charge in [-0.2, -0.15) is 18.3 Å². The number of halogens is 4. The topological polar surface area (TPSA) is 82.2 Å². The van der Waals surface area contributed by atoms with Gasteiger partial charge in [-0.25, -0.2) is 4.39 Å². The number of anilines is 1. The van der Waals surface area contributed by atoms with E-state index >= 15 is 0 Å². The minimum absolute atomic E-state index is 0.270. The second-order valence-corrected chi connectivity index (χ2v) is 6.33. The summed E-state index contributed by atoms with van der Waals surface area (Å²) in [4.78, 5) is 12.5. The number of amides is 1. The molecule has 0 aliphatic carbocycles. The number of nitrogens with one attached hydrogen (secondary N) is 1. The highest BCUT2D eigenvalue weighted by Gasteiger charge is 2.34. The van der Waals surface area contributed by atoms with Crippen LogP contribution in [-0.2, 0) is 13.2 Å². The van der Waals surface area contributed by atoms with Gasteiger partial charge in [-0.1, -0.05) is 0 Å². The summed E-state index contributed by atoms with van der Waals surface area (Å²) in [5.41, 5.74) is 5.27. The summed E-state index contributed by atoms with van der Waals surface area (Å²) in [6.07, 6.45) is -3.32. The van der Waals surface area contributed by atoms with Crippen molar-refractivity contribution < 1.29 is 27.1 Å². The molecule has 0 saturated heterocycles. The maximum Gasteiger partial charge on any atom is 0.419 e. The first-order valence-corrected chi connectivity index (χ1v) is 8.84. The van der Waals surface area contributed by atoms with Gasteiger partial charge in [0.1, 0.15) is 18.2 Å². The van der Waals surface area contributed by atoms with Gasteiger partial charge in [0.25, 0.3) is 5.91 Å². The highest BCUT2D eigenvalue weighted by molar-refractivity contribution is 6.04. The van der Waals surface area contributed by atoms with Crippen molar-refractivity contribution in [2.24, 2.45) is 12.8 Å². The fourth-order valence-corrected chi connectivity index (χ4v) is 2.83. The first kappa shape index (κ1) is 21.3. The Kier molecular flexibility index (Phi) is 6.06. The van der Waals surface area contributed by atoms with Gasteiger partial charge in [0.2, 0.25) is 0 Å². The van der Waals surface area contributed by atoms with E-state index in [0.717, 1.165) is 6.07 Å². The Morgan fingerprint density at radius 2 is 1.97 bits per heavy atom. The summed E-state index contributed by atoms with van der Waals surface area (Å²) in [6, 6.07) is 8.58. The zero-order valence-corrected chi connectivity index (χ0v) is 15.8. The number of rotatable bonds is 6. The molecule has 3 rings (SSSR count). The number of ether oxygens (including phenoxy) is 1. The molecule has 158 valence electrons. The molecule has 1 aromatic heterocycles. The molecule has 0 unspecified atom stereocenters. The van der Waals surface area contributed by atoms with E-state index in [9.17, 15) is 22.4 Å². The lowest BCUT2D eigenvalue weighted by Crippen LogP contribution is -2.15. The molecule has 0 saturated carbocycles. The summed E-state index contributed by atoms with van der Waals surface area (Å²) in [6.45, 7) is 0.571. The van der Waals surface area contributed by atoms with Crippen molar-refractivity contribution >= 4 is 11.6 Å². The lowest BCUT2D eigenvalue weighted by atomic mass is 10.1. The average molecular weight is 422 g/mol. The van der Waals surface area contributed by atoms with Crippen molar-refractivity contribution in [2.45, 2.75) is 6.18 Å². The fraction of sp³-hybridized carbons (Fsp3) is 0.200. The van der Waals surface area contributed by atoms with E-state index in [0.29, 0.717) is 41.4 Å². The predicted octanol–water partition coefficient (Wildman–Crippen LogP) is 3.83. The molecule has 10 heteroatoms. The van der Waals surface area contributed by atoms with Crippen molar-refractivity contribution in [3.05, 3.63) is 65.6 Å². The first-order chi connectivity index (χ1) is 14.2. The lowest BCUT2D eigenvalue weighted by Gasteiger charge is -2.14. The fourth-order valence-electron chi connectivity index (χ4n) is 2.83. The molecular formula is C20H18F4N4O2. The van der Waals surface area contributed by atoms with Crippen molar-refractivity contribution in [1.29, 1.82) is 0 Å². The van der Waals surface area contributed by atoms with Crippen LogP contribution in [0.2, 0.25) is 0 Å². The number of aromatic nitrogens is 2. The Labute approximate surface area is 169 Å². The summed E-state index contributed by atoms with van der Waals surface area (Å²) >= 11 is 0. The van der Waals surface area contributed by atoms with Crippen LogP contribution in [0.15, 0.2) is 48.7 Å². The molecule has 0 radical (unpaired) electrons. The van der Waals surface area contributed by atoms with E-state index in [4.69, 9.17) is 10.5 Å². The zero-order valence-electron chi connectivity index (χ0n) is 15.8. The van der Waals surface area contributed by atoms with Crippen LogP contribution >= 0.6 is 0 Å². The minimum Gasteiger partial charge on any atom is -0.492 e. The van der Waals surface area contributed by atoms with Crippen LogP contribution in [0.25, 0.3) is 11.3 Å². The van der Waals surface area contributed by atoms with Crippen molar-refractivity contribution in [1.82, 2.24) is 9.78 Å². The number of nitrogens with two attached hydrogens (primary N) is 1. The first-order valence-electron chi connectivity index (χ1n) is 8.84. The van der Waals surface area contributed by atoms with Gasteiger partial charge in [0, 0.05) is 36.6 Å². The van der Waals surface area contributed by atoms with Crippen molar-refractivity contribution in [2.75, 3.05) is 18.5 Å². The maximum absolute atomic E-state index is 13.5. The Morgan fingerprint density at radius 1 is 1.20 bits per heavy atom. The number of alkyl halides is 3. The van der Waals surface area contributed by atoms with Gasteiger partial charge in [-0.05, 0) is 42.5 Å². The molecule has 6 nitrogen and oxygen atoms in total. The monoisotopic (exact) mass is 422 g/mol. The van der Waals surface area contributed by atoms with Crippen LogP contribution in [-0.4, -0.2) is 28.8 Å². The number of hydrogen-bond donors (Lipinski definition) is 2. The summed E-state index contributed by atoms with van der Waals surface area (Å²) in [5, 5.41) is 6.62. The van der Waals surface area contributed by atoms with Crippen LogP contribution < -0.4 is 15.8 Å². The SMILES string of the molecule is Cn1nccc1-c1cc(NC(=O)c2ccc(F)c(C(F)(F)F)c2)ccc1OCCN.